The highest BCUT2D eigenvalue weighted by molar-refractivity contribution is 5.92. The van der Waals surface area contributed by atoms with E-state index in [-0.39, 0.29) is 0 Å². The molecule has 1 aromatic heterocycles. The molecule has 2 fully saturated rings. The lowest BCUT2D eigenvalue weighted by Crippen LogP contribution is -2.42. The van der Waals surface area contributed by atoms with Crippen LogP contribution >= 0.6 is 0 Å². The Morgan fingerprint density at radius 2 is 1.79 bits per heavy atom. The number of rotatable bonds is 9. The van der Waals surface area contributed by atoms with Gasteiger partial charge in [0.1, 0.15) is 11.6 Å². The Labute approximate surface area is 199 Å². The van der Waals surface area contributed by atoms with Crippen LogP contribution in [0.3, 0.4) is 0 Å². The molecule has 1 aliphatic heterocycles. The quantitative estimate of drug-likeness (QED) is 0.459. The van der Waals surface area contributed by atoms with Crippen molar-refractivity contribution in [2.24, 2.45) is 0 Å². The summed E-state index contributed by atoms with van der Waals surface area (Å²) in [5.74, 6) is 3.95. The SMILES string of the molecule is CCCCOc1cc2nc(C3CCCCC3)nc(NC3CCN(C(C)C)CC3)c2cc1OC. The average molecular weight is 455 g/mol. The van der Waals surface area contributed by atoms with Crippen molar-refractivity contribution < 1.29 is 9.47 Å². The van der Waals surface area contributed by atoms with Crippen LogP contribution in [0.4, 0.5) is 5.82 Å². The Kier molecular flexibility index (Phi) is 8.29. The molecule has 0 spiro atoms. The lowest BCUT2D eigenvalue weighted by molar-refractivity contribution is 0.177. The zero-order valence-electron chi connectivity index (χ0n) is 21.0. The third kappa shape index (κ3) is 5.89. The van der Waals surface area contributed by atoms with Gasteiger partial charge in [0.05, 0.1) is 19.2 Å². The lowest BCUT2D eigenvalue weighted by Gasteiger charge is -2.35. The number of nitrogens with one attached hydrogen (secondary N) is 1. The summed E-state index contributed by atoms with van der Waals surface area (Å²) >= 11 is 0. The molecule has 0 radical (unpaired) electrons. The zero-order valence-corrected chi connectivity index (χ0v) is 21.0. The highest BCUT2D eigenvalue weighted by Gasteiger charge is 2.25. The Bertz CT molecular complexity index is 903. The fraction of sp³-hybridized carbons (Fsp3) is 0.704. The van der Waals surface area contributed by atoms with E-state index in [1.54, 1.807) is 7.11 Å². The first-order valence-corrected chi connectivity index (χ1v) is 13.1. The van der Waals surface area contributed by atoms with Crippen LogP contribution in [0.1, 0.15) is 90.3 Å². The van der Waals surface area contributed by atoms with Gasteiger partial charge in [-0.1, -0.05) is 32.6 Å². The number of piperidine rings is 1. The first-order chi connectivity index (χ1) is 16.1. The highest BCUT2D eigenvalue weighted by Crippen LogP contribution is 2.38. The first kappa shape index (κ1) is 24.1. The van der Waals surface area contributed by atoms with Gasteiger partial charge in [-0.05, 0) is 52.0 Å². The van der Waals surface area contributed by atoms with E-state index in [4.69, 9.17) is 19.4 Å². The molecule has 33 heavy (non-hydrogen) atoms. The summed E-state index contributed by atoms with van der Waals surface area (Å²) in [5, 5.41) is 4.84. The minimum absolute atomic E-state index is 0.434. The van der Waals surface area contributed by atoms with Crippen LogP contribution in [0.25, 0.3) is 10.9 Å². The maximum atomic E-state index is 6.07. The van der Waals surface area contributed by atoms with Crippen molar-refractivity contribution in [2.75, 3.05) is 32.1 Å². The smallest absolute Gasteiger partial charge is 0.163 e. The molecule has 6 nitrogen and oxygen atoms in total. The number of methoxy groups -OCH3 is 1. The average Bonchev–Trinajstić information content (AvgIpc) is 2.84. The third-order valence-electron chi connectivity index (χ3n) is 7.32. The van der Waals surface area contributed by atoms with Crippen LogP contribution in [-0.4, -0.2) is 53.8 Å². The van der Waals surface area contributed by atoms with Gasteiger partial charge in [0.25, 0.3) is 0 Å². The van der Waals surface area contributed by atoms with E-state index in [9.17, 15) is 0 Å². The normalized spacial score (nSPS) is 18.7. The highest BCUT2D eigenvalue weighted by atomic mass is 16.5. The van der Waals surface area contributed by atoms with E-state index in [1.165, 1.54) is 32.1 Å². The topological polar surface area (TPSA) is 59.5 Å². The van der Waals surface area contributed by atoms with Gasteiger partial charge in [-0.3, -0.25) is 0 Å². The van der Waals surface area contributed by atoms with Gasteiger partial charge in [-0.15, -0.1) is 0 Å². The molecule has 6 heteroatoms. The number of ether oxygens (including phenoxy) is 2. The minimum Gasteiger partial charge on any atom is -0.493 e. The van der Waals surface area contributed by atoms with Gasteiger partial charge in [0, 0.05) is 42.5 Å². The van der Waals surface area contributed by atoms with E-state index in [0.717, 1.165) is 72.8 Å². The molecule has 4 rings (SSSR count). The number of benzene rings is 1. The molecule has 0 atom stereocenters. The first-order valence-electron chi connectivity index (χ1n) is 13.1. The van der Waals surface area contributed by atoms with Crippen molar-refractivity contribution in [1.82, 2.24) is 14.9 Å². The number of fused-ring (bicyclic) bond motifs is 1. The van der Waals surface area contributed by atoms with Gasteiger partial charge in [-0.2, -0.15) is 0 Å². The Hall–Kier alpha value is -2.08. The van der Waals surface area contributed by atoms with Gasteiger partial charge in [0.15, 0.2) is 11.5 Å². The number of likely N-dealkylation sites (tertiary alicyclic amines) is 1. The molecular formula is C27H42N4O2. The molecule has 1 aliphatic carbocycles. The predicted molar refractivity (Wildman–Crippen MR) is 136 cm³/mol. The number of unbranched alkanes of at least 4 members (excludes halogenated alkanes) is 1. The van der Waals surface area contributed by atoms with Crippen LogP contribution in [0.15, 0.2) is 12.1 Å². The van der Waals surface area contributed by atoms with Crippen molar-refractivity contribution in [3.63, 3.8) is 0 Å². The lowest BCUT2D eigenvalue weighted by atomic mass is 9.88. The summed E-state index contributed by atoms with van der Waals surface area (Å²) in [7, 11) is 1.71. The number of nitrogens with zero attached hydrogens (tertiary/aromatic N) is 3. The summed E-state index contributed by atoms with van der Waals surface area (Å²) in [4.78, 5) is 12.7. The molecule has 1 N–H and O–H groups in total. The monoisotopic (exact) mass is 454 g/mol. The summed E-state index contributed by atoms with van der Waals surface area (Å²) in [6.07, 6.45) is 10.7. The number of aromatic nitrogens is 2. The molecule has 2 aromatic rings. The largest absolute Gasteiger partial charge is 0.493 e. The van der Waals surface area contributed by atoms with E-state index < -0.39 is 0 Å². The molecule has 0 amide bonds. The molecule has 2 aliphatic rings. The maximum absolute atomic E-state index is 6.07. The Morgan fingerprint density at radius 1 is 1.03 bits per heavy atom. The van der Waals surface area contributed by atoms with Crippen LogP contribution in [0.5, 0.6) is 11.5 Å². The summed E-state index contributed by atoms with van der Waals surface area (Å²) in [6, 6.07) is 5.17. The zero-order chi connectivity index (χ0) is 23.2. The van der Waals surface area contributed by atoms with Gasteiger partial charge in [0.2, 0.25) is 0 Å². The minimum atomic E-state index is 0.434. The molecule has 0 unspecified atom stereocenters. The van der Waals surface area contributed by atoms with E-state index in [0.29, 0.717) is 24.6 Å². The van der Waals surface area contributed by atoms with Crippen molar-refractivity contribution >= 4 is 16.7 Å². The van der Waals surface area contributed by atoms with Gasteiger partial charge >= 0.3 is 0 Å². The molecule has 182 valence electrons. The third-order valence-corrected chi connectivity index (χ3v) is 7.32. The van der Waals surface area contributed by atoms with Gasteiger partial charge in [-0.25, -0.2) is 9.97 Å². The van der Waals surface area contributed by atoms with E-state index >= 15 is 0 Å². The van der Waals surface area contributed by atoms with Crippen LogP contribution in [0, 0.1) is 0 Å². The van der Waals surface area contributed by atoms with Crippen molar-refractivity contribution in [1.29, 1.82) is 0 Å². The molecular weight excluding hydrogens is 412 g/mol. The van der Waals surface area contributed by atoms with Crippen LogP contribution in [-0.2, 0) is 0 Å². The predicted octanol–water partition coefficient (Wildman–Crippen LogP) is 6.15. The maximum Gasteiger partial charge on any atom is 0.163 e. The number of anilines is 1. The second-order valence-electron chi connectivity index (χ2n) is 10.0. The van der Waals surface area contributed by atoms with Crippen LogP contribution in [0.2, 0.25) is 0 Å². The summed E-state index contributed by atoms with van der Waals surface area (Å²) in [5.41, 5.74) is 0.958. The van der Waals surface area contributed by atoms with Crippen molar-refractivity contribution in [3.8, 4) is 11.5 Å². The molecule has 1 saturated heterocycles. The standard InChI is InChI=1S/C27H42N4O2/c1-5-6-16-33-25-18-23-22(17-24(25)32-4)27(28-21-12-14-31(15-13-21)19(2)3)30-26(29-23)20-10-8-7-9-11-20/h17-21H,5-16H2,1-4H3,(H,28,29,30). The second-order valence-corrected chi connectivity index (χ2v) is 10.0. The van der Waals surface area contributed by atoms with Crippen molar-refractivity contribution in [3.05, 3.63) is 18.0 Å². The number of hydrogen-bond acceptors (Lipinski definition) is 6. The summed E-state index contributed by atoms with van der Waals surface area (Å²) < 4.78 is 11.8. The Morgan fingerprint density at radius 3 is 2.45 bits per heavy atom. The van der Waals surface area contributed by atoms with Crippen molar-refractivity contribution in [2.45, 2.75) is 96.6 Å². The van der Waals surface area contributed by atoms with Gasteiger partial charge < -0.3 is 19.7 Å². The molecule has 1 saturated carbocycles. The van der Waals surface area contributed by atoms with Crippen LogP contribution < -0.4 is 14.8 Å². The van der Waals surface area contributed by atoms with E-state index in [2.05, 4.69) is 43.1 Å². The second kappa shape index (κ2) is 11.4. The van der Waals surface area contributed by atoms with E-state index in [1.807, 2.05) is 0 Å². The molecule has 1 aromatic carbocycles. The molecule has 0 bridgehead atoms. The molecule has 2 heterocycles. The fourth-order valence-electron chi connectivity index (χ4n) is 5.16. The fourth-order valence-corrected chi connectivity index (χ4v) is 5.16. The summed E-state index contributed by atoms with van der Waals surface area (Å²) in [6.45, 7) is 9.70. The Balaban J connectivity index is 1.66. The number of hydrogen-bond donors (Lipinski definition) is 1.